The molecule has 0 bridgehead atoms. The lowest BCUT2D eigenvalue weighted by atomic mass is 10.1. The molecule has 1 amide bonds. The Kier molecular flexibility index (Phi) is 7.43. The number of carbonyl (C=O) groups is 1. The number of aromatic nitrogens is 3. The van der Waals surface area contributed by atoms with Gasteiger partial charge in [0.25, 0.3) is 0 Å². The van der Waals surface area contributed by atoms with E-state index in [1.807, 2.05) is 36.4 Å². The Balaban J connectivity index is 1.44. The minimum absolute atomic E-state index is 0.0160. The number of aliphatic hydroxyl groups is 1. The molecular formula is C28H28N6O4. The van der Waals surface area contributed by atoms with Crippen LogP contribution in [0.5, 0.6) is 5.75 Å². The highest BCUT2D eigenvalue weighted by atomic mass is 16.5. The van der Waals surface area contributed by atoms with Crippen LogP contribution in [0.3, 0.4) is 0 Å². The van der Waals surface area contributed by atoms with Crippen LogP contribution >= 0.6 is 0 Å². The zero-order valence-corrected chi connectivity index (χ0v) is 20.9. The summed E-state index contributed by atoms with van der Waals surface area (Å²) >= 11 is 0. The van der Waals surface area contributed by atoms with Gasteiger partial charge >= 0.3 is 0 Å². The summed E-state index contributed by atoms with van der Waals surface area (Å²) in [5, 5.41) is 16.3. The SMILES string of the molecule is C=CC(=O)Nc1ccnc(-c2cccc3cnc(Nc4ccc(N5CCO[C@@H](CO)C5)cc4OC)nc23)c1. The number of methoxy groups -OCH3 is 1. The monoisotopic (exact) mass is 512 g/mol. The molecule has 0 unspecified atom stereocenters. The summed E-state index contributed by atoms with van der Waals surface area (Å²) in [5.74, 6) is 0.744. The number of hydrogen-bond acceptors (Lipinski definition) is 9. The maximum absolute atomic E-state index is 11.7. The van der Waals surface area contributed by atoms with Gasteiger partial charge in [0.15, 0.2) is 0 Å². The van der Waals surface area contributed by atoms with E-state index in [0.717, 1.165) is 23.2 Å². The first-order valence-corrected chi connectivity index (χ1v) is 12.2. The number of ether oxygens (including phenoxy) is 2. The van der Waals surface area contributed by atoms with E-state index < -0.39 is 0 Å². The largest absolute Gasteiger partial charge is 0.494 e. The van der Waals surface area contributed by atoms with Crippen LogP contribution in [0.1, 0.15) is 0 Å². The van der Waals surface area contributed by atoms with Gasteiger partial charge in [0.05, 0.1) is 43.3 Å². The lowest BCUT2D eigenvalue weighted by molar-refractivity contribution is -0.111. The molecule has 1 saturated heterocycles. The van der Waals surface area contributed by atoms with Crippen LogP contribution in [0.25, 0.3) is 22.2 Å². The van der Waals surface area contributed by atoms with Crippen LogP contribution in [-0.4, -0.2) is 65.5 Å². The van der Waals surface area contributed by atoms with Crippen molar-refractivity contribution in [3.8, 4) is 17.0 Å². The van der Waals surface area contributed by atoms with Gasteiger partial charge in [0.1, 0.15) is 5.75 Å². The van der Waals surface area contributed by atoms with Gasteiger partial charge in [-0.05, 0) is 30.3 Å². The number of anilines is 4. The molecule has 0 radical (unpaired) electrons. The van der Waals surface area contributed by atoms with Gasteiger partial charge in [-0.15, -0.1) is 0 Å². The summed E-state index contributed by atoms with van der Waals surface area (Å²) in [6.07, 6.45) is 4.40. The van der Waals surface area contributed by atoms with Crippen molar-refractivity contribution in [2.75, 3.05) is 48.9 Å². The van der Waals surface area contributed by atoms with Gasteiger partial charge in [-0.1, -0.05) is 24.8 Å². The Morgan fingerprint density at radius 1 is 1.26 bits per heavy atom. The van der Waals surface area contributed by atoms with Gasteiger partial charge in [-0.3, -0.25) is 9.78 Å². The van der Waals surface area contributed by atoms with E-state index in [2.05, 4.69) is 32.1 Å². The molecule has 0 spiro atoms. The molecule has 10 nitrogen and oxygen atoms in total. The third kappa shape index (κ3) is 5.41. The van der Waals surface area contributed by atoms with Crippen molar-refractivity contribution < 1.29 is 19.4 Å². The highest BCUT2D eigenvalue weighted by Crippen LogP contribution is 2.33. The van der Waals surface area contributed by atoms with Gasteiger partial charge in [-0.2, -0.15) is 0 Å². The fourth-order valence-corrected chi connectivity index (χ4v) is 4.34. The number of fused-ring (bicyclic) bond motifs is 1. The number of pyridine rings is 1. The zero-order chi connectivity index (χ0) is 26.5. The summed E-state index contributed by atoms with van der Waals surface area (Å²) in [6, 6.07) is 15.1. The summed E-state index contributed by atoms with van der Waals surface area (Å²) in [5.41, 5.74) is 4.48. The van der Waals surface area contributed by atoms with Crippen molar-refractivity contribution in [1.82, 2.24) is 15.0 Å². The standard InChI is InChI=1S/C28H28N6O4/c1-3-26(36)31-19-9-10-29-24(13-19)22-6-4-5-18-15-30-28(33-27(18)22)32-23-8-7-20(14-25(23)37-2)34-11-12-38-21(16-34)17-35/h3-10,13-15,21,35H,1,11-12,16-17H2,2H3,(H,29,31,36)(H,30,32,33)/t21-/m1/s1. The maximum Gasteiger partial charge on any atom is 0.247 e. The zero-order valence-electron chi connectivity index (χ0n) is 20.9. The van der Waals surface area contributed by atoms with E-state index in [4.69, 9.17) is 14.5 Å². The second kappa shape index (κ2) is 11.2. The van der Waals surface area contributed by atoms with Crippen molar-refractivity contribution in [3.05, 3.63) is 73.6 Å². The normalized spacial score (nSPS) is 15.2. The first-order valence-electron chi connectivity index (χ1n) is 12.2. The van der Waals surface area contributed by atoms with Crippen LogP contribution in [0, 0.1) is 0 Å². The number of amides is 1. The number of benzene rings is 2. The second-order valence-electron chi connectivity index (χ2n) is 8.69. The summed E-state index contributed by atoms with van der Waals surface area (Å²) < 4.78 is 11.2. The van der Waals surface area contributed by atoms with E-state index in [1.165, 1.54) is 6.08 Å². The van der Waals surface area contributed by atoms with Gasteiger partial charge < -0.3 is 30.1 Å². The number of aliphatic hydroxyl groups excluding tert-OH is 1. The molecule has 38 heavy (non-hydrogen) atoms. The molecule has 1 aliphatic heterocycles. The first kappa shape index (κ1) is 25.1. The van der Waals surface area contributed by atoms with E-state index in [9.17, 15) is 9.90 Å². The molecule has 5 rings (SSSR count). The number of rotatable bonds is 8. The van der Waals surface area contributed by atoms with Crippen molar-refractivity contribution in [2.45, 2.75) is 6.10 Å². The fraction of sp³-hybridized carbons (Fsp3) is 0.214. The molecule has 1 fully saturated rings. The molecule has 1 aliphatic rings. The maximum atomic E-state index is 11.7. The predicted molar refractivity (Wildman–Crippen MR) is 147 cm³/mol. The molecule has 2 aromatic heterocycles. The minimum atomic E-state index is -0.296. The van der Waals surface area contributed by atoms with Crippen LogP contribution < -0.4 is 20.3 Å². The third-order valence-electron chi connectivity index (χ3n) is 6.24. The van der Waals surface area contributed by atoms with Crippen LogP contribution in [0.2, 0.25) is 0 Å². The lowest BCUT2D eigenvalue weighted by Gasteiger charge is -2.34. The number of hydrogen-bond donors (Lipinski definition) is 3. The molecule has 4 aromatic rings. The Hall–Kier alpha value is -4.54. The number of nitrogens with one attached hydrogen (secondary N) is 2. The molecular weight excluding hydrogens is 484 g/mol. The molecule has 0 aliphatic carbocycles. The number of carbonyl (C=O) groups excluding carboxylic acids is 1. The minimum Gasteiger partial charge on any atom is -0.494 e. The number of para-hydroxylation sites is 1. The summed E-state index contributed by atoms with van der Waals surface area (Å²) in [7, 11) is 1.61. The fourth-order valence-electron chi connectivity index (χ4n) is 4.34. The Morgan fingerprint density at radius 3 is 2.97 bits per heavy atom. The van der Waals surface area contributed by atoms with Crippen molar-refractivity contribution in [3.63, 3.8) is 0 Å². The first-order chi connectivity index (χ1) is 18.6. The van der Waals surface area contributed by atoms with Crippen LogP contribution in [0.15, 0.2) is 73.6 Å². The molecule has 10 heteroatoms. The Labute approximate surface area is 220 Å². The van der Waals surface area contributed by atoms with Crippen LogP contribution in [-0.2, 0) is 9.53 Å². The molecule has 194 valence electrons. The van der Waals surface area contributed by atoms with E-state index in [0.29, 0.717) is 47.4 Å². The lowest BCUT2D eigenvalue weighted by Crippen LogP contribution is -2.44. The quantitative estimate of drug-likeness (QED) is 0.303. The predicted octanol–water partition coefficient (Wildman–Crippen LogP) is 3.77. The molecule has 1 atom stereocenters. The molecule has 2 aromatic carbocycles. The van der Waals surface area contributed by atoms with Gasteiger partial charge in [-0.25, -0.2) is 9.97 Å². The van der Waals surface area contributed by atoms with Gasteiger partial charge in [0.2, 0.25) is 11.9 Å². The summed E-state index contributed by atoms with van der Waals surface area (Å²) in [6.45, 7) is 5.37. The second-order valence-corrected chi connectivity index (χ2v) is 8.69. The average molecular weight is 513 g/mol. The van der Waals surface area contributed by atoms with Crippen molar-refractivity contribution in [1.29, 1.82) is 0 Å². The highest BCUT2D eigenvalue weighted by molar-refractivity contribution is 5.99. The number of morpholine rings is 1. The van der Waals surface area contributed by atoms with Crippen molar-refractivity contribution >= 4 is 39.8 Å². The van der Waals surface area contributed by atoms with Crippen LogP contribution in [0.4, 0.5) is 23.0 Å². The molecule has 3 heterocycles. The molecule has 0 saturated carbocycles. The van der Waals surface area contributed by atoms with E-state index >= 15 is 0 Å². The number of nitrogens with zero attached hydrogens (tertiary/aromatic N) is 4. The van der Waals surface area contributed by atoms with E-state index in [-0.39, 0.29) is 18.6 Å². The van der Waals surface area contributed by atoms with Gasteiger partial charge in [0, 0.05) is 53.9 Å². The topological polar surface area (TPSA) is 122 Å². The average Bonchev–Trinajstić information content (AvgIpc) is 2.97. The Morgan fingerprint density at radius 2 is 2.16 bits per heavy atom. The van der Waals surface area contributed by atoms with E-state index in [1.54, 1.807) is 31.6 Å². The molecule has 3 N–H and O–H groups in total. The third-order valence-corrected chi connectivity index (χ3v) is 6.24. The summed E-state index contributed by atoms with van der Waals surface area (Å²) in [4.78, 5) is 27.7. The smallest absolute Gasteiger partial charge is 0.247 e. The van der Waals surface area contributed by atoms with Crippen molar-refractivity contribution in [2.24, 2.45) is 0 Å². The Bertz CT molecular complexity index is 1480. The highest BCUT2D eigenvalue weighted by Gasteiger charge is 2.21.